The largest absolute Gasteiger partial charge is 0.459 e. The van der Waals surface area contributed by atoms with Gasteiger partial charge in [0, 0.05) is 19.2 Å². The van der Waals surface area contributed by atoms with E-state index in [0.717, 1.165) is 6.42 Å². The maximum absolute atomic E-state index is 13.0. The summed E-state index contributed by atoms with van der Waals surface area (Å²) >= 11 is 0. The standard InChI is InChI=1S/C22H20FN3O4/c23-16-5-8-18(9-6-16)30-20-10-7-17(13-24-20)25-21(27)15-3-1-11-26(14-15)22(28)19-4-2-12-29-19/h2,4-10,12-13,15H,1,3,11,14H2,(H,25,27)/t15-/m1/s1. The summed E-state index contributed by atoms with van der Waals surface area (Å²) in [5.41, 5.74) is 0.529. The molecule has 0 saturated carbocycles. The number of nitrogens with zero attached hydrogens (tertiary/aromatic N) is 2. The van der Waals surface area contributed by atoms with Gasteiger partial charge in [0.1, 0.15) is 11.6 Å². The molecule has 1 aromatic carbocycles. The molecule has 30 heavy (non-hydrogen) atoms. The first-order chi connectivity index (χ1) is 14.6. The van der Waals surface area contributed by atoms with E-state index in [0.29, 0.717) is 36.8 Å². The predicted molar refractivity (Wildman–Crippen MR) is 107 cm³/mol. The number of piperidine rings is 1. The molecule has 0 spiro atoms. The highest BCUT2D eigenvalue weighted by molar-refractivity contribution is 5.94. The molecule has 1 N–H and O–H groups in total. The van der Waals surface area contributed by atoms with Crippen LogP contribution in [0.15, 0.2) is 65.4 Å². The Kier molecular flexibility index (Phi) is 5.74. The number of aromatic nitrogens is 1. The van der Waals surface area contributed by atoms with Gasteiger partial charge in [-0.25, -0.2) is 9.37 Å². The summed E-state index contributed by atoms with van der Waals surface area (Å²) in [4.78, 5) is 30.9. The van der Waals surface area contributed by atoms with Crippen LogP contribution in [-0.4, -0.2) is 34.8 Å². The molecule has 2 aromatic heterocycles. The first kappa shape index (κ1) is 19.6. The van der Waals surface area contributed by atoms with Crippen molar-refractivity contribution in [3.63, 3.8) is 0 Å². The van der Waals surface area contributed by atoms with Crippen molar-refractivity contribution in [2.75, 3.05) is 18.4 Å². The van der Waals surface area contributed by atoms with E-state index in [1.165, 1.54) is 36.7 Å². The molecule has 0 aliphatic carbocycles. The van der Waals surface area contributed by atoms with Crippen molar-refractivity contribution >= 4 is 17.5 Å². The van der Waals surface area contributed by atoms with Gasteiger partial charge >= 0.3 is 0 Å². The molecule has 1 atom stereocenters. The van der Waals surface area contributed by atoms with Crippen molar-refractivity contribution in [3.8, 4) is 11.6 Å². The van der Waals surface area contributed by atoms with Gasteiger partial charge in [0.05, 0.1) is 24.1 Å². The predicted octanol–water partition coefficient (Wildman–Crippen LogP) is 4.10. The topological polar surface area (TPSA) is 84.7 Å². The number of furan rings is 1. The van der Waals surface area contributed by atoms with Crippen LogP contribution < -0.4 is 10.1 Å². The zero-order valence-corrected chi connectivity index (χ0v) is 16.1. The smallest absolute Gasteiger partial charge is 0.289 e. The summed E-state index contributed by atoms with van der Waals surface area (Å²) in [5, 5.41) is 2.84. The molecular weight excluding hydrogens is 389 g/mol. The lowest BCUT2D eigenvalue weighted by Crippen LogP contribution is -2.43. The fourth-order valence-electron chi connectivity index (χ4n) is 3.31. The summed E-state index contributed by atoms with van der Waals surface area (Å²) in [6, 6.07) is 12.2. The Morgan fingerprint density at radius 2 is 2.00 bits per heavy atom. The normalized spacial score (nSPS) is 16.2. The minimum atomic E-state index is -0.347. The van der Waals surface area contributed by atoms with Crippen LogP contribution in [0.2, 0.25) is 0 Å². The number of nitrogens with one attached hydrogen (secondary N) is 1. The van der Waals surface area contributed by atoms with E-state index in [9.17, 15) is 14.0 Å². The highest BCUT2D eigenvalue weighted by Crippen LogP contribution is 2.23. The van der Waals surface area contributed by atoms with E-state index in [2.05, 4.69) is 10.3 Å². The number of carbonyl (C=O) groups is 2. The average molecular weight is 409 g/mol. The SMILES string of the molecule is O=C(Nc1ccc(Oc2ccc(F)cc2)nc1)[C@@H]1CCCN(C(=O)c2ccco2)C1. The van der Waals surface area contributed by atoms with Gasteiger partial charge in [0.25, 0.3) is 5.91 Å². The van der Waals surface area contributed by atoms with Gasteiger partial charge in [0.2, 0.25) is 11.8 Å². The molecule has 7 nitrogen and oxygen atoms in total. The molecule has 3 aromatic rings. The van der Waals surface area contributed by atoms with Crippen molar-refractivity contribution < 1.29 is 23.1 Å². The number of amides is 2. The first-order valence-corrected chi connectivity index (χ1v) is 9.61. The van der Waals surface area contributed by atoms with Gasteiger partial charge in [-0.1, -0.05) is 0 Å². The monoisotopic (exact) mass is 409 g/mol. The van der Waals surface area contributed by atoms with Crippen molar-refractivity contribution in [3.05, 3.63) is 72.6 Å². The lowest BCUT2D eigenvalue weighted by Gasteiger charge is -2.31. The molecule has 1 saturated heterocycles. The molecule has 0 unspecified atom stereocenters. The van der Waals surface area contributed by atoms with E-state index in [-0.39, 0.29) is 29.3 Å². The number of hydrogen-bond donors (Lipinski definition) is 1. The number of hydrogen-bond acceptors (Lipinski definition) is 5. The van der Waals surface area contributed by atoms with Crippen LogP contribution in [0, 0.1) is 11.7 Å². The van der Waals surface area contributed by atoms with Gasteiger partial charge in [0.15, 0.2) is 5.76 Å². The molecule has 1 aliphatic heterocycles. The number of pyridine rings is 1. The third-order valence-corrected chi connectivity index (χ3v) is 4.85. The molecule has 0 bridgehead atoms. The number of rotatable bonds is 5. The lowest BCUT2D eigenvalue weighted by atomic mass is 9.97. The van der Waals surface area contributed by atoms with Crippen molar-refractivity contribution in [1.82, 2.24) is 9.88 Å². The molecule has 8 heteroatoms. The Hall–Kier alpha value is -3.68. The molecule has 2 amide bonds. The second kappa shape index (κ2) is 8.77. The van der Waals surface area contributed by atoms with Gasteiger partial charge in [-0.15, -0.1) is 0 Å². The summed E-state index contributed by atoms with van der Waals surface area (Å²) in [7, 11) is 0. The van der Waals surface area contributed by atoms with Crippen LogP contribution >= 0.6 is 0 Å². The summed E-state index contributed by atoms with van der Waals surface area (Å²) in [5.74, 6) is 0.0319. The number of benzene rings is 1. The minimum absolute atomic E-state index is 0.166. The van der Waals surface area contributed by atoms with Gasteiger partial charge in [-0.3, -0.25) is 9.59 Å². The summed E-state index contributed by atoms with van der Waals surface area (Å²) < 4.78 is 23.7. The number of anilines is 1. The number of ether oxygens (including phenoxy) is 1. The third kappa shape index (κ3) is 4.65. The van der Waals surface area contributed by atoms with Gasteiger partial charge in [-0.2, -0.15) is 0 Å². The van der Waals surface area contributed by atoms with Crippen molar-refractivity contribution in [1.29, 1.82) is 0 Å². The molecule has 154 valence electrons. The highest BCUT2D eigenvalue weighted by Gasteiger charge is 2.30. The van der Waals surface area contributed by atoms with Crippen LogP contribution in [0.1, 0.15) is 23.4 Å². The zero-order valence-electron chi connectivity index (χ0n) is 16.1. The Bertz CT molecular complexity index is 1000. The van der Waals surface area contributed by atoms with Gasteiger partial charge in [-0.05, 0) is 55.3 Å². The molecule has 3 heterocycles. The van der Waals surface area contributed by atoms with Crippen LogP contribution in [-0.2, 0) is 4.79 Å². The Morgan fingerprint density at radius 3 is 2.70 bits per heavy atom. The van der Waals surface area contributed by atoms with Crippen LogP contribution in [0.4, 0.5) is 10.1 Å². The fourth-order valence-corrected chi connectivity index (χ4v) is 3.31. The van der Waals surface area contributed by atoms with Crippen molar-refractivity contribution in [2.45, 2.75) is 12.8 Å². The van der Waals surface area contributed by atoms with E-state index < -0.39 is 0 Å². The third-order valence-electron chi connectivity index (χ3n) is 4.85. The van der Waals surface area contributed by atoms with Crippen LogP contribution in [0.5, 0.6) is 11.6 Å². The van der Waals surface area contributed by atoms with E-state index in [1.54, 1.807) is 29.2 Å². The number of likely N-dealkylation sites (tertiary alicyclic amines) is 1. The Balaban J connectivity index is 1.34. The van der Waals surface area contributed by atoms with E-state index >= 15 is 0 Å². The maximum atomic E-state index is 13.0. The second-order valence-electron chi connectivity index (χ2n) is 7.00. The summed E-state index contributed by atoms with van der Waals surface area (Å²) in [6.07, 6.45) is 4.39. The van der Waals surface area contributed by atoms with Crippen LogP contribution in [0.3, 0.4) is 0 Å². The number of carbonyl (C=O) groups excluding carboxylic acids is 2. The first-order valence-electron chi connectivity index (χ1n) is 9.61. The average Bonchev–Trinajstić information content (AvgIpc) is 3.31. The van der Waals surface area contributed by atoms with Crippen LogP contribution in [0.25, 0.3) is 0 Å². The number of halogens is 1. The lowest BCUT2D eigenvalue weighted by molar-refractivity contribution is -0.121. The highest BCUT2D eigenvalue weighted by atomic mass is 19.1. The van der Waals surface area contributed by atoms with E-state index in [1.807, 2.05) is 0 Å². The minimum Gasteiger partial charge on any atom is -0.459 e. The van der Waals surface area contributed by atoms with Crippen molar-refractivity contribution in [2.24, 2.45) is 5.92 Å². The Labute approximate surface area is 172 Å². The molecule has 1 fully saturated rings. The molecule has 1 aliphatic rings. The molecule has 4 rings (SSSR count). The maximum Gasteiger partial charge on any atom is 0.289 e. The second-order valence-corrected chi connectivity index (χ2v) is 7.00. The summed E-state index contributed by atoms with van der Waals surface area (Å²) in [6.45, 7) is 0.935. The molecule has 0 radical (unpaired) electrons. The molecular formula is C22H20FN3O4. The quantitative estimate of drug-likeness (QED) is 0.686. The van der Waals surface area contributed by atoms with E-state index in [4.69, 9.17) is 9.15 Å². The zero-order chi connectivity index (χ0) is 20.9. The Morgan fingerprint density at radius 1 is 1.17 bits per heavy atom. The van der Waals surface area contributed by atoms with Gasteiger partial charge < -0.3 is 19.4 Å². The fraction of sp³-hybridized carbons (Fsp3) is 0.227.